The second-order valence-electron chi connectivity index (χ2n) is 6.76. The first-order chi connectivity index (χ1) is 14.5. The van der Waals surface area contributed by atoms with E-state index in [4.69, 9.17) is 9.94 Å². The van der Waals surface area contributed by atoms with Crippen LogP contribution in [0.5, 0.6) is 5.75 Å². The number of phenols is 1. The second kappa shape index (κ2) is 9.58. The van der Waals surface area contributed by atoms with E-state index in [1.54, 1.807) is 25.1 Å². The molecule has 0 bridgehead atoms. The fourth-order valence-electron chi connectivity index (χ4n) is 3.11. The standard InChI is InChI=1S/C23H22N2O5/c1-15(9-14-21(27)25-29)22(17-10-12-18(26)13-11-17)30-23(28)24-20-8-4-6-16-5-2-3-7-19(16)20/h2-15,22,26,29H,1H3,(H,24,28)(H,25,27)/b14-9+/t15-,22+/m0/s1. The molecule has 0 aliphatic rings. The first-order valence-electron chi connectivity index (χ1n) is 9.34. The van der Waals surface area contributed by atoms with E-state index in [0.717, 1.165) is 16.8 Å². The van der Waals surface area contributed by atoms with Gasteiger partial charge in [-0.3, -0.25) is 15.3 Å². The van der Waals surface area contributed by atoms with Crippen molar-refractivity contribution in [1.29, 1.82) is 0 Å². The minimum atomic E-state index is -0.733. The van der Waals surface area contributed by atoms with Crippen LogP contribution in [0, 0.1) is 5.92 Å². The predicted octanol–water partition coefficient (Wildman–Crippen LogP) is 4.53. The maximum absolute atomic E-state index is 12.7. The van der Waals surface area contributed by atoms with Crippen molar-refractivity contribution < 1.29 is 24.6 Å². The van der Waals surface area contributed by atoms with Crippen molar-refractivity contribution in [2.45, 2.75) is 13.0 Å². The van der Waals surface area contributed by atoms with E-state index in [9.17, 15) is 14.7 Å². The molecule has 2 atom stereocenters. The molecule has 7 heteroatoms. The molecule has 0 aliphatic heterocycles. The summed E-state index contributed by atoms with van der Waals surface area (Å²) in [5.41, 5.74) is 2.78. The molecule has 0 spiro atoms. The lowest BCUT2D eigenvalue weighted by atomic mass is 9.96. The fraction of sp³-hybridized carbons (Fsp3) is 0.130. The number of aromatic hydroxyl groups is 1. The van der Waals surface area contributed by atoms with Gasteiger partial charge in [0, 0.05) is 17.4 Å². The van der Waals surface area contributed by atoms with E-state index >= 15 is 0 Å². The summed E-state index contributed by atoms with van der Waals surface area (Å²) in [6.45, 7) is 1.77. The third-order valence-corrected chi connectivity index (χ3v) is 4.62. The Bertz CT molecular complexity index is 1060. The van der Waals surface area contributed by atoms with E-state index < -0.39 is 24.0 Å². The lowest BCUT2D eigenvalue weighted by molar-refractivity contribution is -0.124. The zero-order chi connectivity index (χ0) is 21.5. The average molecular weight is 406 g/mol. The minimum absolute atomic E-state index is 0.0839. The number of carbonyl (C=O) groups excluding carboxylic acids is 2. The SMILES string of the molecule is C[C@@H](/C=C/C(=O)NO)[C@@H](OC(=O)Nc1cccc2ccccc12)c1ccc(O)cc1. The van der Waals surface area contributed by atoms with Gasteiger partial charge in [-0.2, -0.15) is 0 Å². The smallest absolute Gasteiger partial charge is 0.412 e. The van der Waals surface area contributed by atoms with Crippen molar-refractivity contribution in [1.82, 2.24) is 5.48 Å². The van der Waals surface area contributed by atoms with Gasteiger partial charge in [0.1, 0.15) is 11.9 Å². The number of hydroxylamine groups is 1. The van der Waals surface area contributed by atoms with Gasteiger partial charge in [0.15, 0.2) is 0 Å². The molecule has 0 unspecified atom stereocenters. The van der Waals surface area contributed by atoms with Crippen LogP contribution in [0.3, 0.4) is 0 Å². The third-order valence-electron chi connectivity index (χ3n) is 4.62. The van der Waals surface area contributed by atoms with Gasteiger partial charge < -0.3 is 9.84 Å². The Morgan fingerprint density at radius 1 is 1.00 bits per heavy atom. The van der Waals surface area contributed by atoms with Crippen molar-refractivity contribution in [2.75, 3.05) is 5.32 Å². The number of amides is 2. The van der Waals surface area contributed by atoms with Crippen molar-refractivity contribution in [3.05, 3.63) is 84.4 Å². The number of nitrogens with one attached hydrogen (secondary N) is 2. The van der Waals surface area contributed by atoms with Gasteiger partial charge in [-0.15, -0.1) is 0 Å². The summed E-state index contributed by atoms with van der Waals surface area (Å²) in [7, 11) is 0. The molecule has 0 aliphatic carbocycles. The van der Waals surface area contributed by atoms with Crippen molar-refractivity contribution >= 4 is 28.5 Å². The van der Waals surface area contributed by atoms with Crippen LogP contribution in [0.15, 0.2) is 78.9 Å². The number of anilines is 1. The molecule has 3 aromatic rings. The monoisotopic (exact) mass is 406 g/mol. The average Bonchev–Trinajstić information content (AvgIpc) is 2.76. The van der Waals surface area contributed by atoms with E-state index in [-0.39, 0.29) is 5.75 Å². The van der Waals surface area contributed by atoms with Crippen molar-refractivity contribution in [3.8, 4) is 5.75 Å². The fourth-order valence-corrected chi connectivity index (χ4v) is 3.11. The number of rotatable bonds is 6. The van der Waals surface area contributed by atoms with Crippen LogP contribution in [-0.2, 0) is 9.53 Å². The minimum Gasteiger partial charge on any atom is -0.508 e. The zero-order valence-electron chi connectivity index (χ0n) is 16.3. The number of hydrogen-bond acceptors (Lipinski definition) is 5. The highest BCUT2D eigenvalue weighted by atomic mass is 16.6. The van der Waals surface area contributed by atoms with Gasteiger partial charge in [0.25, 0.3) is 5.91 Å². The highest BCUT2D eigenvalue weighted by molar-refractivity contribution is 6.00. The van der Waals surface area contributed by atoms with Crippen molar-refractivity contribution in [3.63, 3.8) is 0 Å². The lowest BCUT2D eigenvalue weighted by Gasteiger charge is -2.23. The number of benzene rings is 3. The Morgan fingerprint density at radius 2 is 1.70 bits per heavy atom. The molecule has 3 aromatic carbocycles. The molecule has 4 N–H and O–H groups in total. The van der Waals surface area contributed by atoms with Gasteiger partial charge >= 0.3 is 6.09 Å². The molecule has 2 amide bonds. The number of fused-ring (bicyclic) bond motifs is 1. The summed E-state index contributed by atoms with van der Waals surface area (Å²) in [6, 6.07) is 19.5. The Labute approximate surface area is 173 Å². The summed E-state index contributed by atoms with van der Waals surface area (Å²) >= 11 is 0. The van der Waals surface area contributed by atoms with Gasteiger partial charge in [0.2, 0.25) is 0 Å². The summed E-state index contributed by atoms with van der Waals surface area (Å²) in [4.78, 5) is 24.0. The van der Waals surface area contributed by atoms with E-state index in [1.165, 1.54) is 23.7 Å². The van der Waals surface area contributed by atoms with Gasteiger partial charge in [0.05, 0.1) is 5.69 Å². The van der Waals surface area contributed by atoms with Crippen molar-refractivity contribution in [2.24, 2.45) is 5.92 Å². The molecular formula is C23H22N2O5. The molecule has 0 fully saturated rings. The summed E-state index contributed by atoms with van der Waals surface area (Å²) in [5.74, 6) is -1.00. The lowest BCUT2D eigenvalue weighted by Crippen LogP contribution is -2.22. The normalized spacial score (nSPS) is 13.0. The number of hydrogen-bond donors (Lipinski definition) is 4. The van der Waals surface area contributed by atoms with E-state index in [0.29, 0.717) is 11.3 Å². The maximum atomic E-state index is 12.7. The number of ether oxygens (including phenoxy) is 1. The molecule has 0 saturated carbocycles. The van der Waals surface area contributed by atoms with Crippen LogP contribution in [-0.4, -0.2) is 22.3 Å². The van der Waals surface area contributed by atoms with Gasteiger partial charge in [-0.05, 0) is 29.1 Å². The molecule has 3 rings (SSSR count). The van der Waals surface area contributed by atoms with Gasteiger partial charge in [-0.1, -0.05) is 61.5 Å². The molecule has 30 heavy (non-hydrogen) atoms. The molecule has 0 saturated heterocycles. The van der Waals surface area contributed by atoms with Crippen LogP contribution >= 0.6 is 0 Å². The first kappa shape index (κ1) is 20.9. The largest absolute Gasteiger partial charge is 0.508 e. The number of carbonyl (C=O) groups is 2. The molecule has 0 radical (unpaired) electrons. The van der Waals surface area contributed by atoms with Crippen LogP contribution in [0.4, 0.5) is 10.5 Å². The van der Waals surface area contributed by atoms with Gasteiger partial charge in [-0.25, -0.2) is 10.3 Å². The molecule has 7 nitrogen and oxygen atoms in total. The summed E-state index contributed by atoms with van der Waals surface area (Å²) in [6.07, 6.45) is 1.29. The highest BCUT2D eigenvalue weighted by Gasteiger charge is 2.23. The maximum Gasteiger partial charge on any atom is 0.412 e. The van der Waals surface area contributed by atoms with E-state index in [2.05, 4.69) is 5.32 Å². The highest BCUT2D eigenvalue weighted by Crippen LogP contribution is 2.30. The van der Waals surface area contributed by atoms with Crippen LogP contribution in [0.1, 0.15) is 18.6 Å². The van der Waals surface area contributed by atoms with E-state index in [1.807, 2.05) is 36.4 Å². The van der Waals surface area contributed by atoms with Crippen LogP contribution in [0.25, 0.3) is 10.8 Å². The Balaban J connectivity index is 1.82. The summed E-state index contributed by atoms with van der Waals surface area (Å²) in [5, 5.41) is 22.8. The first-order valence-corrected chi connectivity index (χ1v) is 9.34. The quantitative estimate of drug-likeness (QED) is 0.273. The van der Waals surface area contributed by atoms with Crippen LogP contribution in [0.2, 0.25) is 0 Å². The Morgan fingerprint density at radius 3 is 2.43 bits per heavy atom. The molecular weight excluding hydrogens is 384 g/mol. The Kier molecular flexibility index (Phi) is 6.67. The predicted molar refractivity (Wildman–Crippen MR) is 113 cm³/mol. The second-order valence-corrected chi connectivity index (χ2v) is 6.76. The molecule has 0 heterocycles. The Hall–Kier alpha value is -3.84. The van der Waals surface area contributed by atoms with Crippen LogP contribution < -0.4 is 10.8 Å². The molecule has 154 valence electrons. The zero-order valence-corrected chi connectivity index (χ0v) is 16.3. The third kappa shape index (κ3) is 5.15. The molecule has 0 aromatic heterocycles. The number of phenolic OH excluding ortho intramolecular Hbond substituents is 1. The summed E-state index contributed by atoms with van der Waals surface area (Å²) < 4.78 is 5.68. The topological polar surface area (TPSA) is 108 Å².